The summed E-state index contributed by atoms with van der Waals surface area (Å²) in [6, 6.07) is 7.56. The van der Waals surface area contributed by atoms with Gasteiger partial charge < -0.3 is 5.11 Å². The summed E-state index contributed by atoms with van der Waals surface area (Å²) in [6.45, 7) is 5.04. The van der Waals surface area contributed by atoms with Crippen LogP contribution < -0.4 is 4.72 Å². The molecule has 0 fully saturated rings. The van der Waals surface area contributed by atoms with Crippen LogP contribution >= 0.6 is 11.6 Å². The Kier molecular flexibility index (Phi) is 4.68. The summed E-state index contributed by atoms with van der Waals surface area (Å²) in [6.07, 6.45) is 0. The Bertz CT molecular complexity index is 891. The number of carbonyl (C=O) groups is 1. The minimum atomic E-state index is -3.92. The first-order chi connectivity index (χ1) is 10.6. The van der Waals surface area contributed by atoms with E-state index in [0.717, 1.165) is 5.56 Å². The van der Waals surface area contributed by atoms with Crippen molar-refractivity contribution < 1.29 is 18.3 Å². The van der Waals surface area contributed by atoms with E-state index in [1.165, 1.54) is 24.3 Å². The number of carboxylic acids is 1. The average molecular weight is 354 g/mol. The van der Waals surface area contributed by atoms with Crippen LogP contribution in [0.2, 0.25) is 5.02 Å². The first-order valence-electron chi connectivity index (χ1n) is 6.75. The molecule has 2 N–H and O–H groups in total. The van der Waals surface area contributed by atoms with Crippen molar-refractivity contribution in [3.63, 3.8) is 0 Å². The Balaban J connectivity index is 2.56. The molecule has 0 aromatic heterocycles. The molecule has 122 valence electrons. The van der Waals surface area contributed by atoms with Gasteiger partial charge in [0.05, 0.1) is 16.1 Å². The molecule has 0 aliphatic carbocycles. The summed E-state index contributed by atoms with van der Waals surface area (Å²) in [5.74, 6) is -1.19. The lowest BCUT2D eigenvalue weighted by Gasteiger charge is -2.15. The zero-order chi connectivity index (χ0) is 17.4. The number of aryl methyl sites for hydroxylation is 3. The molecule has 0 aliphatic heterocycles. The van der Waals surface area contributed by atoms with Crippen LogP contribution in [0.25, 0.3) is 0 Å². The molecule has 0 saturated carbocycles. The number of rotatable bonds is 4. The van der Waals surface area contributed by atoms with Crippen molar-refractivity contribution in [3.8, 4) is 0 Å². The molecule has 2 aromatic rings. The number of nitrogens with one attached hydrogen (secondary N) is 1. The monoisotopic (exact) mass is 353 g/mol. The maximum Gasteiger partial charge on any atom is 0.337 e. The molecular weight excluding hydrogens is 338 g/mol. The van der Waals surface area contributed by atoms with Gasteiger partial charge >= 0.3 is 5.97 Å². The number of hydrogen-bond donors (Lipinski definition) is 2. The van der Waals surface area contributed by atoms with Crippen molar-refractivity contribution >= 4 is 33.3 Å². The number of aromatic carboxylic acids is 1. The van der Waals surface area contributed by atoms with Crippen molar-refractivity contribution in [3.05, 3.63) is 57.6 Å². The zero-order valence-corrected chi connectivity index (χ0v) is 14.4. The SMILES string of the molecule is Cc1cc(C)c(NS(=O)(=O)c2ccc(Cl)cc2C)c(C(=O)O)c1. The molecule has 0 heterocycles. The first-order valence-corrected chi connectivity index (χ1v) is 8.61. The van der Waals surface area contributed by atoms with Gasteiger partial charge in [0.2, 0.25) is 0 Å². The Morgan fingerprint density at radius 3 is 2.30 bits per heavy atom. The number of anilines is 1. The average Bonchev–Trinajstić information content (AvgIpc) is 2.40. The van der Waals surface area contributed by atoms with Crippen LogP contribution in [0.4, 0.5) is 5.69 Å². The topological polar surface area (TPSA) is 83.5 Å². The molecule has 0 amide bonds. The molecule has 0 bridgehead atoms. The van der Waals surface area contributed by atoms with E-state index < -0.39 is 16.0 Å². The molecule has 0 unspecified atom stereocenters. The van der Waals surface area contributed by atoms with Crippen LogP contribution in [0, 0.1) is 20.8 Å². The summed E-state index contributed by atoms with van der Waals surface area (Å²) < 4.78 is 27.6. The first kappa shape index (κ1) is 17.3. The fourth-order valence-corrected chi connectivity index (χ4v) is 3.98. The molecule has 23 heavy (non-hydrogen) atoms. The highest BCUT2D eigenvalue weighted by molar-refractivity contribution is 7.92. The third kappa shape index (κ3) is 3.65. The molecule has 7 heteroatoms. The number of carboxylic acid groups (broad SMARTS) is 1. The minimum absolute atomic E-state index is 0.0539. The van der Waals surface area contributed by atoms with Gasteiger partial charge in [-0.2, -0.15) is 0 Å². The second kappa shape index (κ2) is 6.22. The Hall–Kier alpha value is -2.05. The summed E-state index contributed by atoms with van der Waals surface area (Å²) in [5, 5.41) is 9.75. The van der Waals surface area contributed by atoms with Gasteiger partial charge in [0.25, 0.3) is 10.0 Å². The highest BCUT2D eigenvalue weighted by Crippen LogP contribution is 2.27. The van der Waals surface area contributed by atoms with Gasteiger partial charge in [-0.15, -0.1) is 0 Å². The summed E-state index contributed by atoms with van der Waals surface area (Å²) in [4.78, 5) is 11.5. The van der Waals surface area contributed by atoms with E-state index >= 15 is 0 Å². The predicted octanol–water partition coefficient (Wildman–Crippen LogP) is 3.76. The lowest BCUT2D eigenvalue weighted by Crippen LogP contribution is -2.17. The fraction of sp³-hybridized carbons (Fsp3) is 0.188. The fourth-order valence-electron chi connectivity index (χ4n) is 2.38. The lowest BCUT2D eigenvalue weighted by molar-refractivity contribution is 0.0698. The molecule has 0 radical (unpaired) electrons. The number of halogens is 1. The van der Waals surface area contributed by atoms with E-state index in [-0.39, 0.29) is 16.1 Å². The molecule has 2 aromatic carbocycles. The van der Waals surface area contributed by atoms with Gasteiger partial charge in [0, 0.05) is 5.02 Å². The van der Waals surface area contributed by atoms with Gasteiger partial charge in [-0.1, -0.05) is 17.7 Å². The molecule has 0 spiro atoms. The number of hydrogen-bond acceptors (Lipinski definition) is 3. The standard InChI is InChI=1S/C16H16ClNO4S/c1-9-6-11(3)15(13(7-9)16(19)20)18-23(21,22)14-5-4-12(17)8-10(14)2/h4-8,18H,1-3H3,(H,19,20). The maximum atomic E-state index is 12.6. The van der Waals surface area contributed by atoms with Gasteiger partial charge in [-0.05, 0) is 61.7 Å². The van der Waals surface area contributed by atoms with Crippen LogP contribution in [-0.2, 0) is 10.0 Å². The molecule has 0 aliphatic rings. The van der Waals surface area contributed by atoms with Crippen molar-refractivity contribution in [2.45, 2.75) is 25.7 Å². The summed E-state index contributed by atoms with van der Waals surface area (Å²) in [5.41, 5.74) is 1.74. The molecule has 0 atom stereocenters. The van der Waals surface area contributed by atoms with E-state index in [9.17, 15) is 18.3 Å². The minimum Gasteiger partial charge on any atom is -0.478 e. The summed E-state index contributed by atoms with van der Waals surface area (Å²) in [7, 11) is -3.92. The van der Waals surface area contributed by atoms with Crippen molar-refractivity contribution in [1.29, 1.82) is 0 Å². The van der Waals surface area contributed by atoms with E-state index in [0.29, 0.717) is 16.1 Å². The molecule has 0 saturated heterocycles. The molecule has 2 rings (SSSR count). The highest BCUT2D eigenvalue weighted by Gasteiger charge is 2.22. The van der Waals surface area contributed by atoms with Gasteiger partial charge in [0.15, 0.2) is 0 Å². The summed E-state index contributed by atoms with van der Waals surface area (Å²) >= 11 is 5.84. The van der Waals surface area contributed by atoms with E-state index in [4.69, 9.17) is 11.6 Å². The van der Waals surface area contributed by atoms with E-state index in [2.05, 4.69) is 4.72 Å². The van der Waals surface area contributed by atoms with Crippen molar-refractivity contribution in [2.24, 2.45) is 0 Å². The van der Waals surface area contributed by atoms with Crippen LogP contribution in [-0.4, -0.2) is 19.5 Å². The lowest BCUT2D eigenvalue weighted by atomic mass is 10.0. The van der Waals surface area contributed by atoms with Gasteiger partial charge in [-0.3, -0.25) is 4.72 Å². The third-order valence-corrected chi connectivity index (χ3v) is 5.12. The number of benzene rings is 2. The number of sulfonamides is 1. The normalized spacial score (nSPS) is 11.3. The quantitative estimate of drug-likeness (QED) is 0.876. The molecular formula is C16H16ClNO4S. The second-order valence-electron chi connectivity index (χ2n) is 5.32. The van der Waals surface area contributed by atoms with Crippen LogP contribution in [0.5, 0.6) is 0 Å². The predicted molar refractivity (Wildman–Crippen MR) is 89.9 cm³/mol. The van der Waals surface area contributed by atoms with Gasteiger partial charge in [0.1, 0.15) is 0 Å². The van der Waals surface area contributed by atoms with Crippen LogP contribution in [0.1, 0.15) is 27.0 Å². The van der Waals surface area contributed by atoms with Crippen LogP contribution in [0.3, 0.4) is 0 Å². The van der Waals surface area contributed by atoms with E-state index in [1.807, 2.05) is 0 Å². The molecule has 5 nitrogen and oxygen atoms in total. The highest BCUT2D eigenvalue weighted by atomic mass is 35.5. The smallest absolute Gasteiger partial charge is 0.337 e. The third-order valence-electron chi connectivity index (χ3n) is 3.37. The van der Waals surface area contributed by atoms with Crippen molar-refractivity contribution in [1.82, 2.24) is 0 Å². The Morgan fingerprint density at radius 2 is 1.74 bits per heavy atom. The maximum absolute atomic E-state index is 12.6. The largest absolute Gasteiger partial charge is 0.478 e. The second-order valence-corrected chi connectivity index (χ2v) is 7.41. The Labute approximate surface area is 140 Å². The van der Waals surface area contributed by atoms with E-state index in [1.54, 1.807) is 26.8 Å². The Morgan fingerprint density at radius 1 is 1.09 bits per heavy atom. The van der Waals surface area contributed by atoms with Gasteiger partial charge in [-0.25, -0.2) is 13.2 Å². The van der Waals surface area contributed by atoms with Crippen molar-refractivity contribution in [2.75, 3.05) is 4.72 Å². The van der Waals surface area contributed by atoms with Crippen LogP contribution in [0.15, 0.2) is 35.2 Å². The zero-order valence-electron chi connectivity index (χ0n) is 12.8.